The molecule has 0 spiro atoms. The number of thiophene rings is 2. The minimum Gasteiger partial charge on any atom is -0.297 e. The van der Waals surface area contributed by atoms with Gasteiger partial charge in [0.05, 0.1) is 9.80 Å². The van der Waals surface area contributed by atoms with Gasteiger partial charge in [-0.15, -0.1) is 22.7 Å². The quantitative estimate of drug-likeness (QED) is 0.356. The van der Waals surface area contributed by atoms with Gasteiger partial charge in [-0.25, -0.2) is 0 Å². The van der Waals surface area contributed by atoms with Gasteiger partial charge in [0.25, 0.3) is 5.69 Å². The van der Waals surface area contributed by atoms with Gasteiger partial charge in [-0.3, -0.25) is 14.9 Å². The van der Waals surface area contributed by atoms with Gasteiger partial charge < -0.3 is 0 Å². The fourth-order valence-corrected chi connectivity index (χ4v) is 3.83. The number of nitro benzene ring substituents is 1. The third-order valence-corrected chi connectivity index (χ3v) is 5.41. The molecule has 0 atom stereocenters. The predicted octanol–water partition coefficient (Wildman–Crippen LogP) is 5.37. The first kappa shape index (κ1) is 15.3. The summed E-state index contributed by atoms with van der Waals surface area (Å²) < 4.78 is 0. The van der Waals surface area contributed by atoms with E-state index in [1.807, 2.05) is 36.4 Å². The Kier molecular flexibility index (Phi) is 4.45. The van der Waals surface area contributed by atoms with Crippen molar-refractivity contribution in [3.8, 4) is 9.75 Å². The lowest BCUT2D eigenvalue weighted by Crippen LogP contribution is -1.86. The molecule has 3 aromatic rings. The van der Waals surface area contributed by atoms with Crippen LogP contribution in [-0.4, -0.2) is 11.2 Å². The molecule has 0 aliphatic heterocycles. The van der Waals surface area contributed by atoms with Gasteiger partial charge in [-0.05, 0) is 48.0 Å². The molecule has 2 heterocycles. The maximum Gasteiger partial charge on any atom is 0.269 e. The number of carbonyl (C=O) groups is 1. The molecular weight excluding hydrogens is 330 g/mol. The standard InChI is InChI=1S/C17H11NO3S2/c19-11-15-8-10-17(23-15)16-9-7-14(22-16)6-3-12-1-4-13(5-2-12)18(20)21/h1-11H. The first-order valence-corrected chi connectivity index (χ1v) is 8.37. The molecule has 114 valence electrons. The summed E-state index contributed by atoms with van der Waals surface area (Å²) >= 11 is 3.11. The summed E-state index contributed by atoms with van der Waals surface area (Å²) in [6.07, 6.45) is 4.76. The van der Waals surface area contributed by atoms with Crippen LogP contribution in [0.1, 0.15) is 20.1 Å². The fourth-order valence-electron chi connectivity index (χ4n) is 2.01. The lowest BCUT2D eigenvalue weighted by molar-refractivity contribution is -0.384. The minimum atomic E-state index is -0.409. The van der Waals surface area contributed by atoms with Crippen LogP contribution in [0, 0.1) is 10.1 Å². The van der Waals surface area contributed by atoms with Crippen LogP contribution >= 0.6 is 22.7 Å². The topological polar surface area (TPSA) is 60.2 Å². The van der Waals surface area contributed by atoms with E-state index < -0.39 is 4.92 Å². The van der Waals surface area contributed by atoms with Crippen LogP contribution in [0.25, 0.3) is 21.9 Å². The van der Waals surface area contributed by atoms with Crippen molar-refractivity contribution in [1.29, 1.82) is 0 Å². The molecule has 3 rings (SSSR count). The molecule has 4 nitrogen and oxygen atoms in total. The molecule has 23 heavy (non-hydrogen) atoms. The third-order valence-electron chi connectivity index (χ3n) is 3.16. The van der Waals surface area contributed by atoms with Gasteiger partial charge in [0, 0.05) is 26.8 Å². The molecule has 0 aliphatic carbocycles. The van der Waals surface area contributed by atoms with Gasteiger partial charge in [0.2, 0.25) is 0 Å². The Balaban J connectivity index is 1.75. The number of nitrogens with zero attached hydrogens (tertiary/aromatic N) is 1. The highest BCUT2D eigenvalue weighted by molar-refractivity contribution is 7.23. The summed E-state index contributed by atoms with van der Waals surface area (Å²) in [5, 5.41) is 10.6. The number of non-ortho nitro benzene ring substituents is 1. The Morgan fingerprint density at radius 3 is 2.00 bits per heavy atom. The molecule has 1 aromatic carbocycles. The number of hydrogen-bond acceptors (Lipinski definition) is 5. The fraction of sp³-hybridized carbons (Fsp3) is 0. The van der Waals surface area contributed by atoms with E-state index in [0.717, 1.165) is 31.4 Å². The van der Waals surface area contributed by atoms with E-state index in [9.17, 15) is 14.9 Å². The predicted molar refractivity (Wildman–Crippen MR) is 95.0 cm³/mol. The van der Waals surface area contributed by atoms with Crippen molar-refractivity contribution < 1.29 is 9.72 Å². The van der Waals surface area contributed by atoms with Crippen molar-refractivity contribution in [2.75, 3.05) is 0 Å². The second-order valence-electron chi connectivity index (χ2n) is 4.70. The lowest BCUT2D eigenvalue weighted by Gasteiger charge is -1.93. The molecule has 0 fully saturated rings. The molecule has 0 bridgehead atoms. The Bertz CT molecular complexity index is 875. The van der Waals surface area contributed by atoms with Crippen LogP contribution < -0.4 is 0 Å². The van der Waals surface area contributed by atoms with Gasteiger partial charge in [0.15, 0.2) is 6.29 Å². The Labute approximate surface area is 140 Å². The number of nitro groups is 1. The second-order valence-corrected chi connectivity index (χ2v) is 6.93. The summed E-state index contributed by atoms with van der Waals surface area (Å²) in [6, 6.07) is 14.2. The monoisotopic (exact) mass is 341 g/mol. The Morgan fingerprint density at radius 2 is 1.43 bits per heavy atom. The van der Waals surface area contributed by atoms with Crippen LogP contribution in [0.2, 0.25) is 0 Å². The first-order valence-electron chi connectivity index (χ1n) is 6.73. The SMILES string of the molecule is O=Cc1ccc(-c2ccc(C=Cc3ccc([N+](=O)[O-])cc3)s2)s1. The highest BCUT2D eigenvalue weighted by atomic mass is 32.1. The largest absolute Gasteiger partial charge is 0.297 e. The van der Waals surface area contributed by atoms with E-state index in [1.54, 1.807) is 23.5 Å². The minimum absolute atomic E-state index is 0.0873. The average molecular weight is 341 g/mol. The van der Waals surface area contributed by atoms with Crippen LogP contribution in [-0.2, 0) is 0 Å². The molecule has 0 amide bonds. The second kappa shape index (κ2) is 6.68. The number of aldehydes is 1. The molecule has 2 aromatic heterocycles. The maximum atomic E-state index is 10.7. The van der Waals surface area contributed by atoms with Crippen LogP contribution in [0.3, 0.4) is 0 Å². The summed E-state index contributed by atoms with van der Waals surface area (Å²) in [5.41, 5.74) is 0.995. The van der Waals surface area contributed by atoms with E-state index in [4.69, 9.17) is 0 Å². The zero-order valence-electron chi connectivity index (χ0n) is 11.8. The number of rotatable bonds is 5. The van der Waals surface area contributed by atoms with Crippen LogP contribution in [0.4, 0.5) is 5.69 Å². The van der Waals surface area contributed by atoms with E-state index in [2.05, 4.69) is 0 Å². The van der Waals surface area contributed by atoms with E-state index in [0.29, 0.717) is 0 Å². The smallest absolute Gasteiger partial charge is 0.269 e. The van der Waals surface area contributed by atoms with Crippen LogP contribution in [0.5, 0.6) is 0 Å². The maximum absolute atomic E-state index is 10.7. The highest BCUT2D eigenvalue weighted by Crippen LogP contribution is 2.33. The van der Waals surface area contributed by atoms with E-state index in [-0.39, 0.29) is 5.69 Å². The van der Waals surface area contributed by atoms with Gasteiger partial charge >= 0.3 is 0 Å². The first-order chi connectivity index (χ1) is 11.2. The molecule has 0 saturated heterocycles. The van der Waals surface area contributed by atoms with Crippen LogP contribution in [0.15, 0.2) is 48.5 Å². The molecule has 0 N–H and O–H groups in total. The molecule has 0 aliphatic rings. The highest BCUT2D eigenvalue weighted by Gasteiger charge is 2.05. The molecule has 6 heteroatoms. The summed E-state index contributed by atoms with van der Waals surface area (Å²) in [6.45, 7) is 0. The van der Waals surface area contributed by atoms with E-state index in [1.165, 1.54) is 23.5 Å². The summed E-state index contributed by atoms with van der Waals surface area (Å²) in [5.74, 6) is 0. The normalized spacial score (nSPS) is 11.0. The van der Waals surface area contributed by atoms with Crippen molar-refractivity contribution in [2.24, 2.45) is 0 Å². The summed E-state index contributed by atoms with van der Waals surface area (Å²) in [7, 11) is 0. The Morgan fingerprint density at radius 1 is 0.826 bits per heavy atom. The van der Waals surface area contributed by atoms with E-state index >= 15 is 0 Å². The Hall–Kier alpha value is -2.57. The molecule has 0 unspecified atom stereocenters. The van der Waals surface area contributed by atoms with Crippen molar-refractivity contribution >= 4 is 46.8 Å². The molecular formula is C17H11NO3S2. The molecule has 0 radical (unpaired) electrons. The van der Waals surface area contributed by atoms with Crippen molar-refractivity contribution in [3.63, 3.8) is 0 Å². The number of benzene rings is 1. The zero-order chi connectivity index (χ0) is 16.2. The summed E-state index contributed by atoms with van der Waals surface area (Å²) in [4.78, 5) is 24.9. The van der Waals surface area contributed by atoms with Gasteiger partial charge in [-0.2, -0.15) is 0 Å². The lowest BCUT2D eigenvalue weighted by atomic mass is 10.2. The van der Waals surface area contributed by atoms with Gasteiger partial charge in [-0.1, -0.05) is 6.08 Å². The third kappa shape index (κ3) is 3.61. The van der Waals surface area contributed by atoms with Crippen molar-refractivity contribution in [1.82, 2.24) is 0 Å². The van der Waals surface area contributed by atoms with Gasteiger partial charge in [0.1, 0.15) is 0 Å². The number of hydrogen-bond donors (Lipinski definition) is 0. The average Bonchev–Trinajstić information content (AvgIpc) is 3.22. The zero-order valence-corrected chi connectivity index (χ0v) is 13.5. The van der Waals surface area contributed by atoms with Crippen molar-refractivity contribution in [3.05, 3.63) is 74.0 Å². The number of carbonyl (C=O) groups excluding carboxylic acids is 1. The van der Waals surface area contributed by atoms with Crippen molar-refractivity contribution in [2.45, 2.75) is 0 Å². The molecule has 0 saturated carbocycles.